The highest BCUT2D eigenvalue weighted by Gasteiger charge is 2.59. The Kier molecular flexibility index (Phi) is 5.69. The Bertz CT molecular complexity index is 733. The Morgan fingerprint density at radius 2 is 1.90 bits per heavy atom. The van der Waals surface area contributed by atoms with E-state index in [0.717, 1.165) is 43.4 Å². The van der Waals surface area contributed by atoms with Gasteiger partial charge in [0.2, 0.25) is 0 Å². The smallest absolute Gasteiger partial charge is 0.407 e. The minimum Gasteiger partial charge on any atom is -0.462 e. The summed E-state index contributed by atoms with van der Waals surface area (Å²) in [5.74, 6) is 2.55. The average Bonchev–Trinajstić information content (AvgIpc) is 3.05. The van der Waals surface area contributed by atoms with Crippen LogP contribution in [0, 0.1) is 34.5 Å². The molecule has 0 unspecified atom stereocenters. The van der Waals surface area contributed by atoms with Crippen molar-refractivity contribution in [2.24, 2.45) is 34.5 Å². The third-order valence-corrected chi connectivity index (χ3v) is 9.60. The fourth-order valence-corrected chi connectivity index (χ4v) is 8.17. The Labute approximate surface area is 181 Å². The lowest BCUT2D eigenvalue weighted by molar-refractivity contribution is -0.148. The quantitative estimate of drug-likeness (QED) is 0.504. The number of fused-ring (bicyclic) bond motifs is 5. The second-order valence-electron chi connectivity index (χ2n) is 10.9. The lowest BCUT2D eigenvalue weighted by Gasteiger charge is -2.58. The zero-order valence-electron chi connectivity index (χ0n) is 19.3. The van der Waals surface area contributed by atoms with Crippen LogP contribution in [0.25, 0.3) is 0 Å². The summed E-state index contributed by atoms with van der Waals surface area (Å²) in [7, 11) is 1.44. The Balaban J connectivity index is 1.52. The Hall–Kier alpha value is -1.52. The van der Waals surface area contributed by atoms with Crippen molar-refractivity contribution in [2.75, 3.05) is 7.11 Å². The molecule has 30 heavy (non-hydrogen) atoms. The highest BCUT2D eigenvalue weighted by Crippen LogP contribution is 2.66. The van der Waals surface area contributed by atoms with E-state index in [1.807, 2.05) is 0 Å². The van der Waals surface area contributed by atoms with Gasteiger partial charge < -0.3 is 14.8 Å². The van der Waals surface area contributed by atoms with Crippen molar-refractivity contribution in [3.8, 4) is 0 Å². The zero-order valence-corrected chi connectivity index (χ0v) is 19.3. The van der Waals surface area contributed by atoms with Crippen LogP contribution in [-0.4, -0.2) is 31.3 Å². The molecule has 8 atom stereocenters. The van der Waals surface area contributed by atoms with Gasteiger partial charge in [0.15, 0.2) is 0 Å². The fourth-order valence-electron chi connectivity index (χ4n) is 8.17. The van der Waals surface area contributed by atoms with Crippen LogP contribution in [0.5, 0.6) is 0 Å². The summed E-state index contributed by atoms with van der Waals surface area (Å²) in [5, 5.41) is 3.06. The molecule has 0 saturated heterocycles. The minimum atomic E-state index is -0.314. The van der Waals surface area contributed by atoms with Gasteiger partial charge in [0.1, 0.15) is 6.10 Å². The van der Waals surface area contributed by atoms with E-state index in [2.05, 4.69) is 32.2 Å². The molecule has 0 aromatic rings. The first-order chi connectivity index (χ1) is 14.2. The molecular weight excluding hydrogens is 378 g/mol. The largest absolute Gasteiger partial charge is 0.462 e. The maximum atomic E-state index is 11.8. The van der Waals surface area contributed by atoms with Crippen molar-refractivity contribution in [1.29, 1.82) is 0 Å². The molecule has 5 heteroatoms. The number of carbonyl (C=O) groups is 2. The molecule has 1 N–H and O–H groups in total. The summed E-state index contributed by atoms with van der Waals surface area (Å²) >= 11 is 0. The van der Waals surface area contributed by atoms with Gasteiger partial charge in [-0.1, -0.05) is 25.5 Å². The number of rotatable bonds is 3. The van der Waals surface area contributed by atoms with Crippen molar-refractivity contribution < 1.29 is 19.1 Å². The van der Waals surface area contributed by atoms with Crippen LogP contribution in [0.1, 0.15) is 79.1 Å². The van der Waals surface area contributed by atoms with E-state index >= 15 is 0 Å². The standard InChI is InChI=1S/C25H39NO4/c1-15(26-23(28)29-5)20-8-9-21-19-7-6-17-14-18(30-16(2)27)10-12-24(17,3)22(19)11-13-25(20,21)4/h6,15,18-22H,7-14H2,1-5H3,(H,26,28)/t15-,18+,19-,20-,21+,22-,24+,25-/m1/s1. The van der Waals surface area contributed by atoms with Gasteiger partial charge in [-0.15, -0.1) is 0 Å². The second-order valence-corrected chi connectivity index (χ2v) is 10.9. The average molecular weight is 418 g/mol. The number of alkyl carbamates (subject to hydrolysis) is 1. The van der Waals surface area contributed by atoms with E-state index in [0.29, 0.717) is 5.92 Å². The lowest BCUT2D eigenvalue weighted by Crippen LogP contribution is -2.52. The van der Waals surface area contributed by atoms with E-state index < -0.39 is 0 Å². The van der Waals surface area contributed by atoms with Gasteiger partial charge in [-0.25, -0.2) is 4.79 Å². The molecule has 4 rings (SSSR count). The Morgan fingerprint density at radius 1 is 1.13 bits per heavy atom. The molecule has 3 fully saturated rings. The summed E-state index contributed by atoms with van der Waals surface area (Å²) in [4.78, 5) is 23.2. The number of amides is 1. The maximum Gasteiger partial charge on any atom is 0.407 e. The zero-order chi connectivity index (χ0) is 21.7. The molecule has 0 heterocycles. The number of nitrogens with one attached hydrogen (secondary N) is 1. The molecule has 0 spiro atoms. The first kappa shape index (κ1) is 21.7. The molecule has 0 radical (unpaired) electrons. The van der Waals surface area contributed by atoms with Gasteiger partial charge >= 0.3 is 12.1 Å². The molecule has 0 bridgehead atoms. The highest BCUT2D eigenvalue weighted by atomic mass is 16.5. The van der Waals surface area contributed by atoms with Crippen LogP contribution in [0.2, 0.25) is 0 Å². The third-order valence-electron chi connectivity index (χ3n) is 9.60. The van der Waals surface area contributed by atoms with Gasteiger partial charge in [-0.05, 0) is 86.4 Å². The first-order valence-corrected chi connectivity index (χ1v) is 11.9. The predicted octanol–water partition coefficient (Wildman–Crippen LogP) is 5.24. The summed E-state index contributed by atoms with van der Waals surface area (Å²) < 4.78 is 10.4. The number of carbonyl (C=O) groups excluding carboxylic acids is 2. The van der Waals surface area contributed by atoms with Crippen molar-refractivity contribution in [1.82, 2.24) is 5.32 Å². The maximum absolute atomic E-state index is 11.8. The van der Waals surface area contributed by atoms with Crippen molar-refractivity contribution in [3.05, 3.63) is 11.6 Å². The fraction of sp³-hybridized carbons (Fsp3) is 0.840. The van der Waals surface area contributed by atoms with Crippen LogP contribution < -0.4 is 5.32 Å². The van der Waals surface area contributed by atoms with E-state index in [9.17, 15) is 9.59 Å². The molecule has 4 aliphatic rings. The molecule has 3 saturated carbocycles. The van der Waals surface area contributed by atoms with Gasteiger partial charge in [0, 0.05) is 19.4 Å². The number of methoxy groups -OCH3 is 1. The molecule has 0 aromatic carbocycles. The molecule has 4 aliphatic carbocycles. The Morgan fingerprint density at radius 3 is 2.60 bits per heavy atom. The molecule has 5 nitrogen and oxygen atoms in total. The normalized spacial score (nSPS) is 43.4. The lowest BCUT2D eigenvalue weighted by atomic mass is 9.47. The van der Waals surface area contributed by atoms with Gasteiger partial charge in [-0.3, -0.25) is 4.79 Å². The second kappa shape index (κ2) is 7.87. The number of hydrogen-bond acceptors (Lipinski definition) is 4. The summed E-state index contributed by atoms with van der Waals surface area (Å²) in [6.07, 6.45) is 11.4. The van der Waals surface area contributed by atoms with E-state index in [4.69, 9.17) is 9.47 Å². The first-order valence-electron chi connectivity index (χ1n) is 11.9. The minimum absolute atomic E-state index is 0.0633. The van der Waals surface area contributed by atoms with Crippen LogP contribution in [0.15, 0.2) is 11.6 Å². The summed E-state index contributed by atoms with van der Waals surface area (Å²) in [6.45, 7) is 8.64. The number of ether oxygens (including phenoxy) is 2. The van der Waals surface area contributed by atoms with Crippen molar-refractivity contribution in [2.45, 2.75) is 91.2 Å². The highest BCUT2D eigenvalue weighted by molar-refractivity contribution is 5.67. The summed E-state index contributed by atoms with van der Waals surface area (Å²) in [6, 6.07) is 0.147. The summed E-state index contributed by atoms with van der Waals surface area (Å²) in [5.41, 5.74) is 2.09. The van der Waals surface area contributed by atoms with Crippen LogP contribution in [-0.2, 0) is 14.3 Å². The molecule has 0 aromatic heterocycles. The number of allylic oxidation sites excluding steroid dienone is 1. The van der Waals surface area contributed by atoms with Gasteiger partial charge in [0.25, 0.3) is 0 Å². The molecule has 168 valence electrons. The van der Waals surface area contributed by atoms with E-state index in [-0.39, 0.29) is 35.0 Å². The SMILES string of the molecule is COC(=O)N[C@H](C)[C@H]1CC[C@H]2[C@H]3CC=C4C[C@@H](OC(C)=O)CC[C@]4(C)[C@@H]3CC[C@]12C. The van der Waals surface area contributed by atoms with E-state index in [1.165, 1.54) is 39.7 Å². The van der Waals surface area contributed by atoms with Gasteiger partial charge in [0.05, 0.1) is 7.11 Å². The molecular formula is C25H39NO4. The number of hydrogen-bond donors (Lipinski definition) is 1. The topological polar surface area (TPSA) is 64.6 Å². The van der Waals surface area contributed by atoms with E-state index in [1.54, 1.807) is 5.57 Å². The van der Waals surface area contributed by atoms with Gasteiger partial charge in [-0.2, -0.15) is 0 Å². The number of esters is 1. The van der Waals surface area contributed by atoms with Crippen molar-refractivity contribution in [3.63, 3.8) is 0 Å². The third kappa shape index (κ3) is 3.46. The van der Waals surface area contributed by atoms with Crippen LogP contribution in [0.3, 0.4) is 0 Å². The van der Waals surface area contributed by atoms with Crippen LogP contribution >= 0.6 is 0 Å². The van der Waals surface area contributed by atoms with Crippen molar-refractivity contribution >= 4 is 12.1 Å². The molecule has 1 amide bonds. The van der Waals surface area contributed by atoms with Crippen LogP contribution in [0.4, 0.5) is 4.79 Å². The monoisotopic (exact) mass is 417 g/mol. The molecule has 0 aliphatic heterocycles. The predicted molar refractivity (Wildman–Crippen MR) is 116 cm³/mol.